The van der Waals surface area contributed by atoms with Crippen LogP contribution in [0.3, 0.4) is 0 Å². The molecule has 0 spiro atoms. The summed E-state index contributed by atoms with van der Waals surface area (Å²) in [6.45, 7) is 4.85. The largest absolute Gasteiger partial charge is 0.497 e. The summed E-state index contributed by atoms with van der Waals surface area (Å²) in [6, 6.07) is 13.2. The Balaban J connectivity index is 1.79. The summed E-state index contributed by atoms with van der Waals surface area (Å²) in [4.78, 5) is 12.0. The molecule has 0 atom stereocenters. The van der Waals surface area contributed by atoms with E-state index < -0.39 is 0 Å². The first kappa shape index (κ1) is 17.7. The molecule has 0 saturated carbocycles. The number of amides is 2. The van der Waals surface area contributed by atoms with E-state index in [1.54, 1.807) is 13.2 Å². The van der Waals surface area contributed by atoms with Crippen molar-refractivity contribution in [1.82, 2.24) is 5.32 Å². The molecule has 0 heterocycles. The van der Waals surface area contributed by atoms with Gasteiger partial charge in [0.05, 0.1) is 13.7 Å². The number of urea groups is 1. The van der Waals surface area contributed by atoms with Crippen LogP contribution >= 0.6 is 0 Å². The topological polar surface area (TPSA) is 59.6 Å². The van der Waals surface area contributed by atoms with E-state index in [9.17, 15) is 4.79 Å². The number of hydrogen-bond acceptors (Lipinski definition) is 3. The lowest BCUT2D eigenvalue weighted by Gasteiger charge is -2.14. The summed E-state index contributed by atoms with van der Waals surface area (Å²) in [6.07, 6.45) is 0.871. The van der Waals surface area contributed by atoms with Gasteiger partial charge in [-0.05, 0) is 36.6 Å². The molecule has 2 amide bonds. The van der Waals surface area contributed by atoms with Gasteiger partial charge in [0, 0.05) is 11.8 Å². The van der Waals surface area contributed by atoms with Gasteiger partial charge in [0.25, 0.3) is 0 Å². The molecular weight excluding hydrogens is 304 g/mol. The molecule has 5 nitrogen and oxygen atoms in total. The number of rotatable bonds is 7. The smallest absolute Gasteiger partial charge is 0.319 e. The summed E-state index contributed by atoms with van der Waals surface area (Å²) in [7, 11) is 1.61. The van der Waals surface area contributed by atoms with Crippen LogP contribution < -0.4 is 20.1 Å². The van der Waals surface area contributed by atoms with E-state index in [-0.39, 0.29) is 6.03 Å². The van der Waals surface area contributed by atoms with Gasteiger partial charge < -0.3 is 20.1 Å². The van der Waals surface area contributed by atoms with Gasteiger partial charge in [-0.25, -0.2) is 4.79 Å². The predicted molar refractivity (Wildman–Crippen MR) is 96.1 cm³/mol. The second-order valence-corrected chi connectivity index (χ2v) is 5.37. The molecule has 0 aromatic heterocycles. The van der Waals surface area contributed by atoms with E-state index >= 15 is 0 Å². The highest BCUT2D eigenvalue weighted by Crippen LogP contribution is 2.21. The maximum absolute atomic E-state index is 12.0. The van der Waals surface area contributed by atoms with Crippen molar-refractivity contribution in [3.8, 4) is 11.5 Å². The lowest BCUT2D eigenvalue weighted by Crippen LogP contribution is -2.32. The Hall–Kier alpha value is -2.69. The van der Waals surface area contributed by atoms with Crippen LogP contribution in [-0.4, -0.2) is 26.3 Å². The zero-order chi connectivity index (χ0) is 17.4. The lowest BCUT2D eigenvalue weighted by molar-refractivity contribution is 0.247. The number of hydrogen-bond donors (Lipinski definition) is 2. The number of anilines is 1. The monoisotopic (exact) mass is 328 g/mol. The number of aryl methyl sites for hydroxylation is 2. The highest BCUT2D eigenvalue weighted by atomic mass is 16.5. The first-order chi connectivity index (χ1) is 11.6. The van der Waals surface area contributed by atoms with E-state index in [0.717, 1.165) is 29.0 Å². The summed E-state index contributed by atoms with van der Waals surface area (Å²) < 4.78 is 10.7. The maximum Gasteiger partial charge on any atom is 0.319 e. The SMILES string of the molecule is CCc1cccc(C)c1NC(=O)NCCOc1cccc(OC)c1. The lowest BCUT2D eigenvalue weighted by atomic mass is 10.1. The van der Waals surface area contributed by atoms with Crippen molar-refractivity contribution in [2.45, 2.75) is 20.3 Å². The zero-order valence-corrected chi connectivity index (χ0v) is 14.4. The molecule has 0 bridgehead atoms. The fourth-order valence-electron chi connectivity index (χ4n) is 2.38. The molecular formula is C19H24N2O3. The van der Waals surface area contributed by atoms with Crippen LogP contribution in [0.5, 0.6) is 11.5 Å². The second kappa shape index (κ2) is 8.82. The van der Waals surface area contributed by atoms with E-state index in [1.165, 1.54) is 0 Å². The third-order valence-electron chi connectivity index (χ3n) is 3.68. The van der Waals surface area contributed by atoms with Crippen molar-refractivity contribution < 1.29 is 14.3 Å². The van der Waals surface area contributed by atoms with Gasteiger partial charge in [-0.1, -0.05) is 31.2 Å². The molecule has 24 heavy (non-hydrogen) atoms. The Kier molecular flexibility index (Phi) is 6.49. The van der Waals surface area contributed by atoms with Gasteiger partial charge >= 0.3 is 6.03 Å². The number of carbonyl (C=O) groups is 1. The summed E-state index contributed by atoms with van der Waals surface area (Å²) in [5.74, 6) is 1.45. The fourth-order valence-corrected chi connectivity index (χ4v) is 2.38. The first-order valence-electron chi connectivity index (χ1n) is 8.04. The van der Waals surface area contributed by atoms with Crippen LogP contribution in [0, 0.1) is 6.92 Å². The van der Waals surface area contributed by atoms with Crippen molar-refractivity contribution in [2.75, 3.05) is 25.6 Å². The first-order valence-corrected chi connectivity index (χ1v) is 8.04. The third kappa shape index (κ3) is 4.91. The molecule has 0 saturated heterocycles. The van der Waals surface area contributed by atoms with Crippen molar-refractivity contribution in [1.29, 1.82) is 0 Å². The predicted octanol–water partition coefficient (Wildman–Crippen LogP) is 3.77. The minimum atomic E-state index is -0.228. The van der Waals surface area contributed by atoms with Crippen LogP contribution in [0.4, 0.5) is 10.5 Å². The van der Waals surface area contributed by atoms with Crippen molar-refractivity contribution in [3.05, 3.63) is 53.6 Å². The molecule has 0 fully saturated rings. The van der Waals surface area contributed by atoms with Gasteiger partial charge in [0.1, 0.15) is 18.1 Å². The van der Waals surface area contributed by atoms with Gasteiger partial charge in [0.15, 0.2) is 0 Å². The molecule has 0 aliphatic heterocycles. The van der Waals surface area contributed by atoms with Crippen LogP contribution in [-0.2, 0) is 6.42 Å². The highest BCUT2D eigenvalue weighted by Gasteiger charge is 2.08. The molecule has 5 heteroatoms. The van der Waals surface area contributed by atoms with Crippen LogP contribution in [0.2, 0.25) is 0 Å². The molecule has 0 radical (unpaired) electrons. The van der Waals surface area contributed by atoms with Crippen molar-refractivity contribution in [3.63, 3.8) is 0 Å². The average Bonchev–Trinajstić information content (AvgIpc) is 2.60. The highest BCUT2D eigenvalue weighted by molar-refractivity contribution is 5.91. The quantitative estimate of drug-likeness (QED) is 0.761. The fraction of sp³-hybridized carbons (Fsp3) is 0.316. The molecule has 2 aromatic carbocycles. The van der Waals surface area contributed by atoms with Gasteiger partial charge in [0.2, 0.25) is 0 Å². The summed E-state index contributed by atoms with van der Waals surface area (Å²) >= 11 is 0. The molecule has 0 aliphatic rings. The Morgan fingerprint density at radius 2 is 1.88 bits per heavy atom. The Morgan fingerprint density at radius 3 is 2.62 bits per heavy atom. The number of nitrogens with one attached hydrogen (secondary N) is 2. The number of ether oxygens (including phenoxy) is 2. The summed E-state index contributed by atoms with van der Waals surface area (Å²) in [5.41, 5.74) is 3.06. The summed E-state index contributed by atoms with van der Waals surface area (Å²) in [5, 5.41) is 5.72. The Bertz CT molecular complexity index is 686. The average molecular weight is 328 g/mol. The number of benzene rings is 2. The molecule has 0 aliphatic carbocycles. The van der Waals surface area contributed by atoms with E-state index in [2.05, 4.69) is 17.6 Å². The minimum absolute atomic E-state index is 0.228. The number of para-hydroxylation sites is 1. The number of methoxy groups -OCH3 is 1. The normalized spacial score (nSPS) is 10.1. The number of carbonyl (C=O) groups excluding carboxylic acids is 1. The third-order valence-corrected chi connectivity index (χ3v) is 3.68. The van der Waals surface area contributed by atoms with Crippen LogP contribution in [0.15, 0.2) is 42.5 Å². The molecule has 0 unspecified atom stereocenters. The van der Waals surface area contributed by atoms with Crippen molar-refractivity contribution in [2.24, 2.45) is 0 Å². The Labute approximate surface area is 143 Å². The molecule has 2 aromatic rings. The van der Waals surface area contributed by atoms with Gasteiger partial charge in [-0.2, -0.15) is 0 Å². The molecule has 2 N–H and O–H groups in total. The van der Waals surface area contributed by atoms with Crippen LogP contribution in [0.1, 0.15) is 18.1 Å². The zero-order valence-electron chi connectivity index (χ0n) is 14.4. The van der Waals surface area contributed by atoms with Crippen molar-refractivity contribution >= 4 is 11.7 Å². The van der Waals surface area contributed by atoms with Crippen LogP contribution in [0.25, 0.3) is 0 Å². The molecule has 128 valence electrons. The molecule has 2 rings (SSSR count). The van der Waals surface area contributed by atoms with Gasteiger partial charge in [-0.15, -0.1) is 0 Å². The minimum Gasteiger partial charge on any atom is -0.497 e. The second-order valence-electron chi connectivity index (χ2n) is 5.37. The van der Waals surface area contributed by atoms with E-state index in [0.29, 0.717) is 18.9 Å². The maximum atomic E-state index is 12.0. The Morgan fingerprint density at radius 1 is 1.12 bits per heavy atom. The van der Waals surface area contributed by atoms with Gasteiger partial charge in [-0.3, -0.25) is 0 Å². The standard InChI is InChI=1S/C19H24N2O3/c1-4-15-8-5-7-14(2)18(15)21-19(22)20-11-12-24-17-10-6-9-16(13-17)23-3/h5-10,13H,4,11-12H2,1-3H3,(H2,20,21,22). The van der Waals surface area contributed by atoms with E-state index in [4.69, 9.17) is 9.47 Å². The van der Waals surface area contributed by atoms with E-state index in [1.807, 2.05) is 43.3 Å².